The summed E-state index contributed by atoms with van der Waals surface area (Å²) in [5.74, 6) is 0.619. The lowest BCUT2D eigenvalue weighted by Gasteiger charge is -2.02. The summed E-state index contributed by atoms with van der Waals surface area (Å²) in [7, 11) is 0. The lowest BCUT2D eigenvalue weighted by Crippen LogP contribution is -2.04. The van der Waals surface area contributed by atoms with Crippen LogP contribution >= 0.6 is 12.4 Å². The van der Waals surface area contributed by atoms with Crippen molar-refractivity contribution in [2.24, 2.45) is 5.92 Å². The number of nitrogen functional groups attached to an aromatic ring is 1. The molecule has 0 saturated carbocycles. The molecule has 0 aliphatic rings. The van der Waals surface area contributed by atoms with Crippen LogP contribution in [0.15, 0.2) is 6.20 Å². The molecule has 0 saturated heterocycles. The molecule has 1 aromatic heterocycles. The van der Waals surface area contributed by atoms with Crippen LogP contribution in [0.2, 0.25) is 0 Å². The molecular weight excluding hydrogens is 174 g/mol. The van der Waals surface area contributed by atoms with Crippen LogP contribution in [0.1, 0.15) is 19.5 Å². The molecule has 12 heavy (non-hydrogen) atoms. The molecule has 0 atom stereocenters. The van der Waals surface area contributed by atoms with Crippen molar-refractivity contribution in [3.63, 3.8) is 0 Å². The van der Waals surface area contributed by atoms with Crippen molar-refractivity contribution >= 4 is 18.1 Å². The fourth-order valence-corrected chi connectivity index (χ4v) is 1.00. The van der Waals surface area contributed by atoms with Crippen LogP contribution in [0.3, 0.4) is 0 Å². The smallest absolute Gasteiger partial charge is 0.0822 e. The molecule has 1 rings (SSSR count). The summed E-state index contributed by atoms with van der Waals surface area (Å²) >= 11 is 0. The second-order valence-electron chi connectivity index (χ2n) is 3.29. The van der Waals surface area contributed by atoms with E-state index >= 15 is 0 Å². The maximum Gasteiger partial charge on any atom is 0.0822 e. The van der Waals surface area contributed by atoms with Crippen LogP contribution in [-0.4, -0.2) is 9.78 Å². The Morgan fingerprint density at radius 1 is 1.58 bits per heavy atom. The van der Waals surface area contributed by atoms with Crippen molar-refractivity contribution in [3.05, 3.63) is 11.9 Å². The summed E-state index contributed by atoms with van der Waals surface area (Å²) in [6.07, 6.45) is 1.88. The Morgan fingerprint density at radius 3 is 2.50 bits per heavy atom. The topological polar surface area (TPSA) is 43.8 Å². The van der Waals surface area contributed by atoms with Gasteiger partial charge in [0.2, 0.25) is 0 Å². The fourth-order valence-electron chi connectivity index (χ4n) is 1.00. The van der Waals surface area contributed by atoms with E-state index in [1.54, 1.807) is 0 Å². The van der Waals surface area contributed by atoms with Gasteiger partial charge in [-0.05, 0) is 12.8 Å². The third-order valence-corrected chi connectivity index (χ3v) is 1.54. The largest absolute Gasteiger partial charge is 0.396 e. The Kier molecular flexibility index (Phi) is 4.10. The minimum absolute atomic E-state index is 0. The predicted molar refractivity (Wildman–Crippen MR) is 53.5 cm³/mol. The summed E-state index contributed by atoms with van der Waals surface area (Å²) in [5.41, 5.74) is 7.34. The first kappa shape index (κ1) is 11.3. The van der Waals surface area contributed by atoms with E-state index in [1.807, 2.05) is 17.8 Å². The van der Waals surface area contributed by atoms with Gasteiger partial charge in [-0.1, -0.05) is 13.8 Å². The zero-order valence-corrected chi connectivity index (χ0v) is 8.56. The van der Waals surface area contributed by atoms with E-state index in [1.165, 1.54) is 0 Å². The van der Waals surface area contributed by atoms with Crippen molar-refractivity contribution in [2.45, 2.75) is 27.3 Å². The number of aromatic nitrogens is 2. The summed E-state index contributed by atoms with van der Waals surface area (Å²) in [6.45, 7) is 7.19. The van der Waals surface area contributed by atoms with E-state index < -0.39 is 0 Å². The average Bonchev–Trinajstić information content (AvgIpc) is 2.10. The fraction of sp³-hybridized carbons (Fsp3) is 0.625. The number of anilines is 1. The van der Waals surface area contributed by atoms with E-state index in [9.17, 15) is 0 Å². The van der Waals surface area contributed by atoms with Gasteiger partial charge in [0.05, 0.1) is 11.4 Å². The Labute approximate surface area is 79.4 Å². The molecule has 1 heterocycles. The number of aryl methyl sites for hydroxylation is 1. The maximum absolute atomic E-state index is 5.63. The van der Waals surface area contributed by atoms with E-state index in [4.69, 9.17) is 5.73 Å². The van der Waals surface area contributed by atoms with Crippen LogP contribution in [0.5, 0.6) is 0 Å². The molecule has 0 fully saturated rings. The molecule has 0 aliphatic carbocycles. The molecule has 3 nitrogen and oxygen atoms in total. The monoisotopic (exact) mass is 189 g/mol. The van der Waals surface area contributed by atoms with Gasteiger partial charge in [-0.2, -0.15) is 5.10 Å². The van der Waals surface area contributed by atoms with Gasteiger partial charge in [0, 0.05) is 12.7 Å². The molecule has 0 aliphatic heterocycles. The first-order valence-electron chi connectivity index (χ1n) is 3.89. The second-order valence-corrected chi connectivity index (χ2v) is 3.29. The van der Waals surface area contributed by atoms with Gasteiger partial charge in [-0.25, -0.2) is 0 Å². The van der Waals surface area contributed by atoms with Crippen LogP contribution in [0.25, 0.3) is 0 Å². The molecule has 2 N–H and O–H groups in total. The van der Waals surface area contributed by atoms with Gasteiger partial charge in [-0.3, -0.25) is 4.68 Å². The van der Waals surface area contributed by atoms with Gasteiger partial charge >= 0.3 is 0 Å². The normalized spacial score (nSPS) is 10.0. The van der Waals surface area contributed by atoms with Crippen LogP contribution in [-0.2, 0) is 6.54 Å². The standard InChI is InChI=1S/C8H15N3.ClH/c1-6(2)4-11-5-8(9)7(3)10-11;/h5-6H,4,9H2,1-3H3;1H. The molecule has 0 bridgehead atoms. The Bertz CT molecular complexity index is 223. The third kappa shape index (κ3) is 2.74. The summed E-state index contributed by atoms with van der Waals surface area (Å²) in [4.78, 5) is 0. The van der Waals surface area contributed by atoms with Gasteiger partial charge in [-0.15, -0.1) is 12.4 Å². The highest BCUT2D eigenvalue weighted by molar-refractivity contribution is 5.85. The zero-order chi connectivity index (χ0) is 8.43. The van der Waals surface area contributed by atoms with Crippen LogP contribution < -0.4 is 5.73 Å². The van der Waals surface area contributed by atoms with E-state index in [0.29, 0.717) is 5.92 Å². The Hall–Kier alpha value is -0.700. The first-order chi connectivity index (χ1) is 5.09. The van der Waals surface area contributed by atoms with Crippen molar-refractivity contribution in [1.82, 2.24) is 9.78 Å². The van der Waals surface area contributed by atoms with Crippen LogP contribution in [0, 0.1) is 12.8 Å². The van der Waals surface area contributed by atoms with E-state index in [2.05, 4.69) is 18.9 Å². The minimum atomic E-state index is 0. The average molecular weight is 190 g/mol. The Morgan fingerprint density at radius 2 is 2.17 bits per heavy atom. The van der Waals surface area contributed by atoms with Crippen molar-refractivity contribution < 1.29 is 0 Å². The van der Waals surface area contributed by atoms with Crippen molar-refractivity contribution in [2.75, 3.05) is 5.73 Å². The van der Waals surface area contributed by atoms with E-state index in [-0.39, 0.29) is 12.4 Å². The summed E-state index contributed by atoms with van der Waals surface area (Å²) < 4.78 is 1.90. The third-order valence-electron chi connectivity index (χ3n) is 1.54. The molecule has 0 amide bonds. The highest BCUT2D eigenvalue weighted by Crippen LogP contribution is 2.08. The molecule has 0 aromatic carbocycles. The molecular formula is C8H16ClN3. The molecule has 4 heteroatoms. The molecule has 70 valence electrons. The number of hydrogen-bond acceptors (Lipinski definition) is 2. The van der Waals surface area contributed by atoms with Gasteiger partial charge < -0.3 is 5.73 Å². The van der Waals surface area contributed by atoms with Gasteiger partial charge in [0.1, 0.15) is 0 Å². The van der Waals surface area contributed by atoms with Crippen LogP contribution in [0.4, 0.5) is 5.69 Å². The van der Waals surface area contributed by atoms with Crippen molar-refractivity contribution in [1.29, 1.82) is 0 Å². The van der Waals surface area contributed by atoms with E-state index in [0.717, 1.165) is 17.9 Å². The summed E-state index contributed by atoms with van der Waals surface area (Å²) in [6, 6.07) is 0. The number of nitrogens with zero attached hydrogens (tertiary/aromatic N) is 2. The second kappa shape index (κ2) is 4.36. The lowest BCUT2D eigenvalue weighted by atomic mass is 10.2. The lowest BCUT2D eigenvalue weighted by molar-refractivity contribution is 0.481. The zero-order valence-electron chi connectivity index (χ0n) is 7.74. The number of nitrogens with two attached hydrogens (primary N) is 1. The Balaban J connectivity index is 0.00000121. The molecule has 1 aromatic rings. The van der Waals surface area contributed by atoms with Crippen molar-refractivity contribution in [3.8, 4) is 0 Å². The number of halogens is 1. The highest BCUT2D eigenvalue weighted by atomic mass is 35.5. The highest BCUT2D eigenvalue weighted by Gasteiger charge is 2.01. The SMILES string of the molecule is Cc1nn(CC(C)C)cc1N.Cl. The quantitative estimate of drug-likeness (QED) is 0.772. The van der Waals surface area contributed by atoms with Gasteiger partial charge in [0.25, 0.3) is 0 Å². The number of rotatable bonds is 2. The molecule has 0 spiro atoms. The van der Waals surface area contributed by atoms with Gasteiger partial charge in [0.15, 0.2) is 0 Å². The molecule has 0 radical (unpaired) electrons. The predicted octanol–water partition coefficient (Wildman–Crippen LogP) is 1.85. The minimum Gasteiger partial charge on any atom is -0.396 e. The maximum atomic E-state index is 5.63. The summed E-state index contributed by atoms with van der Waals surface area (Å²) in [5, 5.41) is 4.24. The first-order valence-corrected chi connectivity index (χ1v) is 3.89. The number of hydrogen-bond donors (Lipinski definition) is 1. The molecule has 0 unspecified atom stereocenters.